The van der Waals surface area contributed by atoms with E-state index in [1.807, 2.05) is 36.0 Å². The number of carbonyl (C=O) groups excluding carboxylic acids is 1. The van der Waals surface area contributed by atoms with Crippen molar-refractivity contribution >= 4 is 55.5 Å². The highest BCUT2D eigenvalue weighted by molar-refractivity contribution is 9.10. The molecular weight excluding hydrogens is 538 g/mol. The largest absolute Gasteiger partial charge is 0.489 e. The highest BCUT2D eigenvalue weighted by Gasteiger charge is 2.27. The lowest BCUT2D eigenvalue weighted by atomic mass is 10.2. The quantitative estimate of drug-likeness (QED) is 0.312. The summed E-state index contributed by atoms with van der Waals surface area (Å²) in [7, 11) is -3.96. The fraction of sp³-hybridized carbons (Fsp3) is 0.167. The van der Waals surface area contributed by atoms with E-state index < -0.39 is 22.5 Å². The molecule has 0 saturated carbocycles. The van der Waals surface area contributed by atoms with Gasteiger partial charge in [0.15, 0.2) is 0 Å². The molecule has 3 aromatic carbocycles. The zero-order chi connectivity index (χ0) is 24.0. The van der Waals surface area contributed by atoms with E-state index in [2.05, 4.69) is 26.5 Å². The predicted octanol–water partition coefficient (Wildman–Crippen LogP) is 4.29. The van der Waals surface area contributed by atoms with Gasteiger partial charge in [-0.25, -0.2) is 13.8 Å². The normalized spacial score (nSPS) is 13.9. The van der Waals surface area contributed by atoms with Crippen LogP contribution in [0.4, 0.5) is 5.69 Å². The van der Waals surface area contributed by atoms with E-state index in [1.54, 1.807) is 42.5 Å². The standard InChI is InChI=1S/C24H22BrN3O4S2/c25-19-8-10-20(11-9-19)28(34(30,31)23-4-2-1-3-5-23)15-24(29)27-26-14-18-6-12-21(13-7-18)32-22-16-33-17-22/h1-14,22H,15-17H2,(H,27,29)/b26-14+. The third-order valence-electron chi connectivity index (χ3n) is 4.93. The Kier molecular flexibility index (Phi) is 7.91. The molecule has 0 unspecified atom stereocenters. The molecular formula is C24H22BrN3O4S2. The zero-order valence-corrected chi connectivity index (χ0v) is 21.2. The summed E-state index contributed by atoms with van der Waals surface area (Å²) in [5.74, 6) is 2.24. The first-order valence-corrected chi connectivity index (χ1v) is 13.8. The molecule has 1 fully saturated rings. The maximum atomic E-state index is 13.3. The van der Waals surface area contributed by atoms with Crippen molar-refractivity contribution in [1.29, 1.82) is 0 Å². The van der Waals surface area contributed by atoms with Gasteiger partial charge in [0.1, 0.15) is 18.4 Å². The Morgan fingerprint density at radius 1 is 1.06 bits per heavy atom. The lowest BCUT2D eigenvalue weighted by Crippen LogP contribution is -2.39. The summed E-state index contributed by atoms with van der Waals surface area (Å²) < 4.78 is 34.2. The van der Waals surface area contributed by atoms with Crippen molar-refractivity contribution < 1.29 is 17.9 Å². The number of anilines is 1. The fourth-order valence-corrected chi connectivity index (χ4v) is 5.36. The number of nitrogens with zero attached hydrogens (tertiary/aromatic N) is 2. The fourth-order valence-electron chi connectivity index (χ4n) is 3.09. The van der Waals surface area contributed by atoms with Gasteiger partial charge in [0.25, 0.3) is 15.9 Å². The Balaban J connectivity index is 1.43. The molecule has 176 valence electrons. The van der Waals surface area contributed by atoms with Crippen LogP contribution in [0.2, 0.25) is 0 Å². The van der Waals surface area contributed by atoms with Crippen molar-refractivity contribution in [3.8, 4) is 5.75 Å². The van der Waals surface area contributed by atoms with Gasteiger partial charge in [-0.2, -0.15) is 16.9 Å². The molecule has 1 saturated heterocycles. The van der Waals surface area contributed by atoms with Crippen LogP contribution in [0, 0.1) is 0 Å². The number of hydrazone groups is 1. The van der Waals surface area contributed by atoms with Gasteiger partial charge >= 0.3 is 0 Å². The lowest BCUT2D eigenvalue weighted by molar-refractivity contribution is -0.119. The Hall–Kier alpha value is -2.82. The first-order chi connectivity index (χ1) is 16.4. The van der Waals surface area contributed by atoms with Gasteiger partial charge in [-0.15, -0.1) is 0 Å². The SMILES string of the molecule is O=C(CN(c1ccc(Br)cc1)S(=O)(=O)c1ccccc1)N/N=C/c1ccc(OC2CSC2)cc1. The van der Waals surface area contributed by atoms with Crippen LogP contribution in [0.3, 0.4) is 0 Å². The lowest BCUT2D eigenvalue weighted by Gasteiger charge is -2.25. The van der Waals surface area contributed by atoms with E-state index in [0.29, 0.717) is 5.69 Å². The number of amides is 1. The highest BCUT2D eigenvalue weighted by Crippen LogP contribution is 2.25. The molecule has 7 nitrogen and oxygen atoms in total. The minimum absolute atomic E-state index is 0.0945. The number of thioether (sulfide) groups is 1. The third-order valence-corrected chi connectivity index (χ3v) is 8.46. The molecule has 0 aromatic heterocycles. The van der Waals surface area contributed by atoms with Gasteiger partial charge in [0, 0.05) is 16.0 Å². The molecule has 1 heterocycles. The molecule has 1 aliphatic heterocycles. The number of carbonyl (C=O) groups is 1. The van der Waals surface area contributed by atoms with E-state index in [-0.39, 0.29) is 11.0 Å². The van der Waals surface area contributed by atoms with Crippen molar-refractivity contribution in [3.05, 3.63) is 88.9 Å². The average molecular weight is 560 g/mol. The van der Waals surface area contributed by atoms with Crippen LogP contribution >= 0.6 is 27.7 Å². The highest BCUT2D eigenvalue weighted by atomic mass is 79.9. The number of rotatable bonds is 9. The summed E-state index contributed by atoms with van der Waals surface area (Å²) in [5, 5.41) is 3.98. The van der Waals surface area contributed by atoms with Gasteiger partial charge in [-0.05, 0) is 66.2 Å². The minimum Gasteiger partial charge on any atom is -0.489 e. The molecule has 3 aromatic rings. The molecule has 1 N–H and O–H groups in total. The maximum absolute atomic E-state index is 13.3. The number of sulfonamides is 1. The van der Waals surface area contributed by atoms with E-state index >= 15 is 0 Å². The topological polar surface area (TPSA) is 88.1 Å². The van der Waals surface area contributed by atoms with Crippen molar-refractivity contribution in [1.82, 2.24) is 5.43 Å². The predicted molar refractivity (Wildman–Crippen MR) is 139 cm³/mol. The molecule has 1 amide bonds. The molecule has 4 rings (SSSR count). The van der Waals surface area contributed by atoms with Gasteiger partial charge in [-0.3, -0.25) is 9.10 Å². The van der Waals surface area contributed by atoms with E-state index in [9.17, 15) is 13.2 Å². The maximum Gasteiger partial charge on any atom is 0.264 e. The second-order valence-corrected chi connectivity index (χ2v) is 11.3. The summed E-state index contributed by atoms with van der Waals surface area (Å²) >= 11 is 5.20. The summed E-state index contributed by atoms with van der Waals surface area (Å²) in [5.41, 5.74) is 3.56. The Labute approximate surface area is 211 Å². The van der Waals surface area contributed by atoms with Crippen LogP contribution in [-0.4, -0.2) is 44.7 Å². The van der Waals surface area contributed by atoms with Crippen molar-refractivity contribution in [2.24, 2.45) is 5.10 Å². The molecule has 0 bridgehead atoms. The van der Waals surface area contributed by atoms with Crippen molar-refractivity contribution in [2.45, 2.75) is 11.0 Å². The molecule has 34 heavy (non-hydrogen) atoms. The molecule has 0 aliphatic carbocycles. The molecule has 0 spiro atoms. The van der Waals surface area contributed by atoms with Crippen LogP contribution in [0.25, 0.3) is 0 Å². The number of halogens is 1. The van der Waals surface area contributed by atoms with Crippen molar-refractivity contribution in [2.75, 3.05) is 22.4 Å². The van der Waals surface area contributed by atoms with Crippen LogP contribution in [0.15, 0.2) is 93.3 Å². The molecule has 1 aliphatic rings. The number of hydrogen-bond acceptors (Lipinski definition) is 6. The molecule has 0 atom stereocenters. The average Bonchev–Trinajstić information content (AvgIpc) is 2.82. The number of ether oxygens (including phenoxy) is 1. The second kappa shape index (κ2) is 11.1. The summed E-state index contributed by atoms with van der Waals surface area (Å²) in [6.07, 6.45) is 1.76. The smallest absolute Gasteiger partial charge is 0.264 e. The monoisotopic (exact) mass is 559 g/mol. The Bertz CT molecular complexity index is 1250. The zero-order valence-electron chi connectivity index (χ0n) is 18.0. The summed E-state index contributed by atoms with van der Waals surface area (Å²) in [4.78, 5) is 12.7. The van der Waals surface area contributed by atoms with Crippen LogP contribution in [0.5, 0.6) is 5.75 Å². The van der Waals surface area contributed by atoms with Gasteiger partial charge in [-0.1, -0.05) is 34.1 Å². The van der Waals surface area contributed by atoms with E-state index in [1.165, 1.54) is 18.3 Å². The van der Waals surface area contributed by atoms with Crippen LogP contribution < -0.4 is 14.5 Å². The van der Waals surface area contributed by atoms with Crippen LogP contribution in [0.1, 0.15) is 5.56 Å². The minimum atomic E-state index is -3.96. The first-order valence-electron chi connectivity index (χ1n) is 10.4. The number of hydrogen-bond donors (Lipinski definition) is 1. The Morgan fingerprint density at radius 3 is 2.35 bits per heavy atom. The molecule has 10 heteroatoms. The van der Waals surface area contributed by atoms with Gasteiger partial charge < -0.3 is 4.74 Å². The van der Waals surface area contributed by atoms with Crippen molar-refractivity contribution in [3.63, 3.8) is 0 Å². The number of nitrogens with one attached hydrogen (secondary N) is 1. The number of benzene rings is 3. The molecule has 0 radical (unpaired) electrons. The van der Waals surface area contributed by atoms with Crippen LogP contribution in [-0.2, 0) is 14.8 Å². The summed E-state index contributed by atoms with van der Waals surface area (Å²) in [6.45, 7) is -0.428. The first kappa shape index (κ1) is 24.3. The van der Waals surface area contributed by atoms with Gasteiger partial charge in [0.05, 0.1) is 16.8 Å². The second-order valence-electron chi connectivity index (χ2n) is 7.44. The van der Waals surface area contributed by atoms with E-state index in [4.69, 9.17) is 4.74 Å². The van der Waals surface area contributed by atoms with Gasteiger partial charge in [0.2, 0.25) is 0 Å². The van der Waals surface area contributed by atoms with E-state index in [0.717, 1.165) is 31.6 Å². The summed E-state index contributed by atoms with van der Waals surface area (Å²) in [6, 6.07) is 22.1. The Morgan fingerprint density at radius 2 is 1.74 bits per heavy atom. The third kappa shape index (κ3) is 6.19.